The van der Waals surface area contributed by atoms with Gasteiger partial charge in [0.1, 0.15) is 13.2 Å². The first kappa shape index (κ1) is 58.4. The highest BCUT2D eigenvalue weighted by Gasteiger charge is 2.19. The van der Waals surface area contributed by atoms with Crippen molar-refractivity contribution in [2.75, 3.05) is 13.2 Å². The summed E-state index contributed by atoms with van der Waals surface area (Å²) < 4.78 is 16.8. The molecule has 0 aliphatic carbocycles. The first-order valence-electron chi connectivity index (χ1n) is 26.8. The van der Waals surface area contributed by atoms with E-state index in [1.807, 2.05) is 0 Å². The lowest BCUT2D eigenvalue weighted by atomic mass is 9.99. The van der Waals surface area contributed by atoms with Gasteiger partial charge in [-0.1, -0.05) is 259 Å². The van der Waals surface area contributed by atoms with Gasteiger partial charge in [-0.25, -0.2) is 0 Å². The van der Waals surface area contributed by atoms with Crippen LogP contribution in [0.5, 0.6) is 0 Å². The quantitative estimate of drug-likeness (QED) is 0.0345. The van der Waals surface area contributed by atoms with Crippen molar-refractivity contribution < 1.29 is 28.6 Å². The number of hydrogen-bond acceptors (Lipinski definition) is 6. The summed E-state index contributed by atoms with van der Waals surface area (Å²) in [4.78, 5) is 38.0. The van der Waals surface area contributed by atoms with E-state index in [2.05, 4.69) is 34.6 Å². The van der Waals surface area contributed by atoms with Crippen molar-refractivity contribution in [1.29, 1.82) is 0 Å². The van der Waals surface area contributed by atoms with Crippen LogP contribution in [0.25, 0.3) is 0 Å². The molecule has 0 aromatic heterocycles. The highest BCUT2D eigenvalue weighted by molar-refractivity contribution is 5.71. The molecule has 0 spiro atoms. The van der Waals surface area contributed by atoms with E-state index in [0.29, 0.717) is 19.3 Å². The summed E-state index contributed by atoms with van der Waals surface area (Å²) in [6.45, 7) is 11.4. The third-order valence-electron chi connectivity index (χ3n) is 12.6. The van der Waals surface area contributed by atoms with Gasteiger partial charge in [-0.2, -0.15) is 0 Å². The monoisotopic (exact) mass is 849 g/mol. The van der Waals surface area contributed by atoms with Gasteiger partial charge in [-0.05, 0) is 31.1 Å². The molecule has 0 bridgehead atoms. The molecule has 0 saturated carbocycles. The maximum Gasteiger partial charge on any atom is 0.306 e. The summed E-state index contributed by atoms with van der Waals surface area (Å²) >= 11 is 0. The summed E-state index contributed by atoms with van der Waals surface area (Å²) in [5, 5.41) is 0. The van der Waals surface area contributed by atoms with Crippen molar-refractivity contribution in [2.45, 2.75) is 304 Å². The molecule has 6 nitrogen and oxygen atoms in total. The van der Waals surface area contributed by atoms with Crippen LogP contribution in [0, 0.1) is 11.8 Å². The van der Waals surface area contributed by atoms with Gasteiger partial charge in [-0.15, -0.1) is 0 Å². The topological polar surface area (TPSA) is 78.9 Å². The number of carbonyl (C=O) groups is 3. The fourth-order valence-corrected chi connectivity index (χ4v) is 8.13. The number of esters is 3. The molecule has 0 aliphatic heterocycles. The maximum absolute atomic E-state index is 12.8. The predicted octanol–water partition coefficient (Wildman–Crippen LogP) is 17.3. The van der Waals surface area contributed by atoms with Crippen molar-refractivity contribution in [3.05, 3.63) is 0 Å². The standard InChI is InChI=1S/C54H104O6/c1-6-8-9-10-11-12-13-14-18-24-29-34-39-44-52(55)58-47-51(48-59-53(56)45-40-35-30-25-21-20-23-28-33-38-43-50(5)7-2)60-54(57)46-41-36-31-26-19-16-15-17-22-27-32-37-42-49(3)4/h49-51H,6-48H2,1-5H3/t50?,51-/m0/s1. The number of rotatable bonds is 48. The minimum atomic E-state index is -0.762. The van der Waals surface area contributed by atoms with Crippen LogP contribution in [0.3, 0.4) is 0 Å². The number of hydrogen-bond donors (Lipinski definition) is 0. The SMILES string of the molecule is CCCCCCCCCCCCCCCC(=O)OC[C@@H](COC(=O)CCCCCCCCCCCCC(C)CC)OC(=O)CCCCCCCCCCCCCCC(C)C. The molecule has 0 saturated heterocycles. The van der Waals surface area contributed by atoms with Crippen molar-refractivity contribution >= 4 is 17.9 Å². The summed E-state index contributed by atoms with van der Waals surface area (Å²) in [5.74, 6) is 0.856. The molecule has 0 aromatic rings. The molecular formula is C54H104O6. The van der Waals surface area contributed by atoms with Crippen molar-refractivity contribution in [2.24, 2.45) is 11.8 Å². The summed E-state index contributed by atoms with van der Waals surface area (Å²) in [6.07, 6.45) is 47.9. The van der Waals surface area contributed by atoms with Crippen LogP contribution >= 0.6 is 0 Å². The molecule has 0 amide bonds. The summed E-state index contributed by atoms with van der Waals surface area (Å²) in [5.41, 5.74) is 0. The van der Waals surface area contributed by atoms with Crippen molar-refractivity contribution in [3.8, 4) is 0 Å². The normalized spacial score (nSPS) is 12.5. The Morgan fingerprint density at radius 3 is 0.950 bits per heavy atom. The first-order valence-corrected chi connectivity index (χ1v) is 26.8. The van der Waals surface area contributed by atoms with E-state index < -0.39 is 6.10 Å². The number of unbranched alkanes of at least 4 members (excludes halogenated alkanes) is 32. The van der Waals surface area contributed by atoms with Crippen LogP contribution in [0.4, 0.5) is 0 Å². The Morgan fingerprint density at radius 1 is 0.350 bits per heavy atom. The van der Waals surface area contributed by atoms with Crippen LogP contribution < -0.4 is 0 Å². The van der Waals surface area contributed by atoms with Gasteiger partial charge in [0.25, 0.3) is 0 Å². The van der Waals surface area contributed by atoms with E-state index in [-0.39, 0.29) is 31.1 Å². The largest absolute Gasteiger partial charge is 0.462 e. The van der Waals surface area contributed by atoms with Gasteiger partial charge in [0.15, 0.2) is 6.10 Å². The van der Waals surface area contributed by atoms with Crippen LogP contribution in [-0.2, 0) is 28.6 Å². The zero-order valence-corrected chi connectivity index (χ0v) is 41.1. The predicted molar refractivity (Wildman–Crippen MR) is 256 cm³/mol. The van der Waals surface area contributed by atoms with Crippen LogP contribution in [0.15, 0.2) is 0 Å². The maximum atomic E-state index is 12.8. The van der Waals surface area contributed by atoms with E-state index >= 15 is 0 Å². The Hall–Kier alpha value is -1.59. The van der Waals surface area contributed by atoms with Gasteiger partial charge < -0.3 is 14.2 Å². The molecule has 1 unspecified atom stereocenters. The van der Waals surface area contributed by atoms with E-state index in [4.69, 9.17) is 14.2 Å². The van der Waals surface area contributed by atoms with Crippen molar-refractivity contribution in [1.82, 2.24) is 0 Å². The van der Waals surface area contributed by atoms with E-state index in [0.717, 1.165) is 69.6 Å². The Balaban J connectivity index is 4.33. The molecule has 2 atom stereocenters. The van der Waals surface area contributed by atoms with Gasteiger partial charge in [0.05, 0.1) is 0 Å². The third-order valence-corrected chi connectivity index (χ3v) is 12.6. The molecule has 0 fully saturated rings. The lowest BCUT2D eigenvalue weighted by molar-refractivity contribution is -0.167. The molecule has 356 valence electrons. The first-order chi connectivity index (χ1) is 29.3. The molecule has 0 heterocycles. The van der Waals surface area contributed by atoms with Gasteiger partial charge in [-0.3, -0.25) is 14.4 Å². The zero-order valence-electron chi connectivity index (χ0n) is 41.1. The lowest BCUT2D eigenvalue weighted by Crippen LogP contribution is -2.30. The minimum absolute atomic E-state index is 0.0634. The second-order valence-corrected chi connectivity index (χ2v) is 19.2. The summed E-state index contributed by atoms with van der Waals surface area (Å²) in [7, 11) is 0. The molecule has 0 aliphatic rings. The third kappa shape index (κ3) is 45.9. The number of ether oxygens (including phenoxy) is 3. The van der Waals surface area contributed by atoms with Crippen LogP contribution in [-0.4, -0.2) is 37.2 Å². The lowest BCUT2D eigenvalue weighted by Gasteiger charge is -2.18. The molecule has 0 radical (unpaired) electrons. The summed E-state index contributed by atoms with van der Waals surface area (Å²) in [6, 6.07) is 0. The molecule has 0 aromatic carbocycles. The van der Waals surface area contributed by atoms with Crippen molar-refractivity contribution in [3.63, 3.8) is 0 Å². The second kappa shape index (κ2) is 46.9. The highest BCUT2D eigenvalue weighted by Crippen LogP contribution is 2.18. The fourth-order valence-electron chi connectivity index (χ4n) is 8.13. The van der Waals surface area contributed by atoms with Crippen LogP contribution in [0.1, 0.15) is 298 Å². The average molecular weight is 849 g/mol. The Labute approximate surface area is 374 Å². The Morgan fingerprint density at radius 2 is 0.633 bits per heavy atom. The second-order valence-electron chi connectivity index (χ2n) is 19.2. The molecule has 0 N–H and O–H groups in total. The fraction of sp³-hybridized carbons (Fsp3) is 0.944. The minimum Gasteiger partial charge on any atom is -0.462 e. The van der Waals surface area contributed by atoms with Gasteiger partial charge in [0, 0.05) is 19.3 Å². The average Bonchev–Trinajstić information content (AvgIpc) is 3.23. The van der Waals surface area contributed by atoms with E-state index in [1.165, 1.54) is 186 Å². The zero-order chi connectivity index (χ0) is 44.0. The van der Waals surface area contributed by atoms with Gasteiger partial charge >= 0.3 is 17.9 Å². The van der Waals surface area contributed by atoms with E-state index in [1.54, 1.807) is 0 Å². The molecule has 60 heavy (non-hydrogen) atoms. The van der Waals surface area contributed by atoms with Crippen LogP contribution in [0.2, 0.25) is 0 Å². The Kier molecular flexibility index (Phi) is 45.7. The molecule has 0 rings (SSSR count). The Bertz CT molecular complexity index is 918. The van der Waals surface area contributed by atoms with E-state index in [9.17, 15) is 14.4 Å². The molecule has 6 heteroatoms. The number of carbonyl (C=O) groups excluding carboxylic acids is 3. The molecular weight excluding hydrogens is 745 g/mol. The smallest absolute Gasteiger partial charge is 0.306 e. The highest BCUT2D eigenvalue weighted by atomic mass is 16.6. The van der Waals surface area contributed by atoms with Gasteiger partial charge in [0.2, 0.25) is 0 Å².